The Morgan fingerprint density at radius 2 is 2.00 bits per heavy atom. The smallest absolute Gasteiger partial charge is 0.256 e. The number of nitrogens with one attached hydrogen (secondary N) is 1. The van der Waals surface area contributed by atoms with Crippen molar-refractivity contribution in [3.63, 3.8) is 0 Å². The number of aromatic nitrogens is 1. The highest BCUT2D eigenvalue weighted by Gasteiger charge is 2.09. The number of rotatable bonds is 2. The van der Waals surface area contributed by atoms with Crippen LogP contribution in [0.1, 0.15) is 21.5 Å². The summed E-state index contributed by atoms with van der Waals surface area (Å²) in [5.74, 6) is -0.114. The van der Waals surface area contributed by atoms with Gasteiger partial charge in [-0.2, -0.15) is 0 Å². The Morgan fingerprint density at radius 1 is 1.22 bits per heavy atom. The van der Waals surface area contributed by atoms with E-state index in [4.69, 9.17) is 0 Å². The molecule has 0 aliphatic rings. The summed E-state index contributed by atoms with van der Waals surface area (Å²) in [4.78, 5) is 16.1. The van der Waals surface area contributed by atoms with Crippen LogP contribution in [0.25, 0.3) is 0 Å². The quantitative estimate of drug-likeness (QED) is 0.919. The zero-order chi connectivity index (χ0) is 13.1. The average Bonchev–Trinajstić information content (AvgIpc) is 2.34. The van der Waals surface area contributed by atoms with Crippen LogP contribution in [0.5, 0.6) is 0 Å². The van der Waals surface area contributed by atoms with Crippen molar-refractivity contribution in [3.8, 4) is 0 Å². The van der Waals surface area contributed by atoms with Gasteiger partial charge in [0.2, 0.25) is 0 Å². The van der Waals surface area contributed by atoms with Crippen LogP contribution in [0.4, 0.5) is 5.69 Å². The maximum Gasteiger partial charge on any atom is 0.256 e. The summed E-state index contributed by atoms with van der Waals surface area (Å²) < 4.78 is 1.03. The number of nitrogens with zero attached hydrogens (tertiary/aromatic N) is 1. The molecule has 92 valence electrons. The molecule has 0 fully saturated rings. The number of benzene rings is 1. The molecule has 4 heteroatoms. The molecule has 18 heavy (non-hydrogen) atoms. The minimum Gasteiger partial charge on any atom is -0.322 e. The molecular weight excluding hydrogens is 292 g/mol. The van der Waals surface area contributed by atoms with E-state index in [0.29, 0.717) is 5.56 Å². The molecule has 0 aliphatic heterocycles. The molecule has 1 N–H and O–H groups in total. The molecule has 1 aromatic heterocycles. The van der Waals surface area contributed by atoms with E-state index in [-0.39, 0.29) is 5.91 Å². The second kappa shape index (κ2) is 5.31. The highest BCUT2D eigenvalue weighted by atomic mass is 79.9. The monoisotopic (exact) mass is 304 g/mol. The van der Waals surface area contributed by atoms with Crippen molar-refractivity contribution in [2.45, 2.75) is 13.8 Å². The molecule has 1 amide bonds. The van der Waals surface area contributed by atoms with Crippen LogP contribution in [0.3, 0.4) is 0 Å². The zero-order valence-corrected chi connectivity index (χ0v) is 11.8. The Bertz CT molecular complexity index is 596. The summed E-state index contributed by atoms with van der Waals surface area (Å²) in [5.41, 5.74) is 3.38. The number of amides is 1. The number of pyridine rings is 1. The maximum absolute atomic E-state index is 12.1. The topological polar surface area (TPSA) is 42.0 Å². The van der Waals surface area contributed by atoms with E-state index in [2.05, 4.69) is 26.2 Å². The molecule has 0 saturated heterocycles. The van der Waals surface area contributed by atoms with Gasteiger partial charge in [0.05, 0.1) is 0 Å². The van der Waals surface area contributed by atoms with Crippen molar-refractivity contribution in [2.24, 2.45) is 0 Å². The molecule has 3 nitrogen and oxygen atoms in total. The molecule has 0 spiro atoms. The van der Waals surface area contributed by atoms with Gasteiger partial charge in [0.25, 0.3) is 5.91 Å². The lowest BCUT2D eigenvalue weighted by Crippen LogP contribution is -2.13. The summed E-state index contributed by atoms with van der Waals surface area (Å²) in [6, 6.07) is 7.44. The molecule has 2 aromatic rings. The van der Waals surface area contributed by atoms with E-state index >= 15 is 0 Å². The summed E-state index contributed by atoms with van der Waals surface area (Å²) in [7, 11) is 0. The third-order valence-electron chi connectivity index (χ3n) is 2.68. The zero-order valence-electron chi connectivity index (χ0n) is 10.2. The lowest BCUT2D eigenvalue weighted by Gasteiger charge is -2.08. The molecule has 2 rings (SSSR count). The average molecular weight is 305 g/mol. The summed E-state index contributed by atoms with van der Waals surface area (Å²) in [6.45, 7) is 3.85. The highest BCUT2D eigenvalue weighted by Crippen LogP contribution is 2.20. The molecule has 0 saturated carbocycles. The summed E-state index contributed by atoms with van der Waals surface area (Å²) in [5, 5.41) is 2.88. The van der Waals surface area contributed by atoms with E-state index in [9.17, 15) is 4.79 Å². The number of anilines is 1. The molecule has 1 aromatic carbocycles. The van der Waals surface area contributed by atoms with Crippen molar-refractivity contribution < 1.29 is 4.79 Å². The first kappa shape index (κ1) is 12.8. The number of hydrogen-bond donors (Lipinski definition) is 1. The Hall–Kier alpha value is -1.68. The standard InChI is InChI=1S/C14H13BrN2O/c1-9-7-11(3-4-13(9)15)17-14(18)12-5-6-16-8-10(12)2/h3-8H,1-2H3,(H,17,18). The SMILES string of the molecule is Cc1cc(NC(=O)c2ccncc2C)ccc1Br. The second-order valence-electron chi connectivity index (χ2n) is 4.11. The van der Waals surface area contributed by atoms with E-state index in [1.54, 1.807) is 18.5 Å². The van der Waals surface area contributed by atoms with Crippen molar-refractivity contribution in [1.29, 1.82) is 0 Å². The molecule has 0 aliphatic carbocycles. The number of carbonyl (C=O) groups is 1. The Balaban J connectivity index is 2.22. The third-order valence-corrected chi connectivity index (χ3v) is 3.57. The first-order valence-corrected chi connectivity index (χ1v) is 6.35. The predicted octanol–water partition coefficient (Wildman–Crippen LogP) is 3.71. The molecule has 0 radical (unpaired) electrons. The Morgan fingerprint density at radius 3 is 2.67 bits per heavy atom. The van der Waals surface area contributed by atoms with Crippen LogP contribution in [-0.4, -0.2) is 10.9 Å². The van der Waals surface area contributed by atoms with Gasteiger partial charge in [0, 0.05) is 28.1 Å². The van der Waals surface area contributed by atoms with Gasteiger partial charge < -0.3 is 5.32 Å². The largest absolute Gasteiger partial charge is 0.322 e. The number of halogens is 1. The first-order valence-electron chi connectivity index (χ1n) is 5.56. The van der Waals surface area contributed by atoms with Crippen molar-refractivity contribution in [3.05, 3.63) is 57.8 Å². The predicted molar refractivity (Wildman–Crippen MR) is 75.8 cm³/mol. The normalized spacial score (nSPS) is 10.2. The fraction of sp³-hybridized carbons (Fsp3) is 0.143. The van der Waals surface area contributed by atoms with E-state index in [1.807, 2.05) is 32.0 Å². The van der Waals surface area contributed by atoms with Crippen LogP contribution >= 0.6 is 15.9 Å². The van der Waals surface area contributed by atoms with E-state index in [1.165, 1.54) is 0 Å². The van der Waals surface area contributed by atoms with Gasteiger partial charge in [0.1, 0.15) is 0 Å². The Labute approximate surface area is 114 Å². The summed E-state index contributed by atoms with van der Waals surface area (Å²) in [6.07, 6.45) is 3.30. The van der Waals surface area contributed by atoms with Gasteiger partial charge >= 0.3 is 0 Å². The molecular formula is C14H13BrN2O. The van der Waals surface area contributed by atoms with Gasteiger partial charge in [-0.3, -0.25) is 9.78 Å². The Kier molecular flexibility index (Phi) is 3.77. The van der Waals surface area contributed by atoms with Crippen LogP contribution in [-0.2, 0) is 0 Å². The molecule has 0 atom stereocenters. The van der Waals surface area contributed by atoms with Crippen molar-refractivity contribution in [1.82, 2.24) is 4.98 Å². The minimum atomic E-state index is -0.114. The van der Waals surface area contributed by atoms with Crippen molar-refractivity contribution >= 4 is 27.5 Å². The van der Waals surface area contributed by atoms with Gasteiger partial charge in [-0.25, -0.2) is 0 Å². The lowest BCUT2D eigenvalue weighted by molar-refractivity contribution is 0.102. The van der Waals surface area contributed by atoms with E-state index < -0.39 is 0 Å². The maximum atomic E-state index is 12.1. The van der Waals surface area contributed by atoms with Crippen LogP contribution in [0.15, 0.2) is 41.1 Å². The highest BCUT2D eigenvalue weighted by molar-refractivity contribution is 9.10. The lowest BCUT2D eigenvalue weighted by atomic mass is 10.1. The molecule has 1 heterocycles. The second-order valence-corrected chi connectivity index (χ2v) is 4.96. The minimum absolute atomic E-state index is 0.114. The number of hydrogen-bond acceptors (Lipinski definition) is 2. The fourth-order valence-corrected chi connectivity index (χ4v) is 1.90. The molecule has 0 unspecified atom stereocenters. The third kappa shape index (κ3) is 2.76. The van der Waals surface area contributed by atoms with Gasteiger partial charge in [0.15, 0.2) is 0 Å². The first-order chi connectivity index (χ1) is 8.58. The van der Waals surface area contributed by atoms with E-state index in [0.717, 1.165) is 21.3 Å². The van der Waals surface area contributed by atoms with Gasteiger partial charge in [-0.15, -0.1) is 0 Å². The van der Waals surface area contributed by atoms with Crippen LogP contribution in [0.2, 0.25) is 0 Å². The number of aryl methyl sites for hydroxylation is 2. The summed E-state index contributed by atoms with van der Waals surface area (Å²) >= 11 is 3.43. The van der Waals surface area contributed by atoms with Gasteiger partial charge in [-0.05, 0) is 49.2 Å². The van der Waals surface area contributed by atoms with Crippen LogP contribution < -0.4 is 5.32 Å². The van der Waals surface area contributed by atoms with Gasteiger partial charge in [-0.1, -0.05) is 15.9 Å². The molecule has 0 bridgehead atoms. The number of carbonyl (C=O) groups excluding carboxylic acids is 1. The van der Waals surface area contributed by atoms with Crippen molar-refractivity contribution in [2.75, 3.05) is 5.32 Å². The van der Waals surface area contributed by atoms with Crippen LogP contribution in [0, 0.1) is 13.8 Å². The fourth-order valence-electron chi connectivity index (χ4n) is 1.65.